The molecule has 1 N–H and O–H groups in total. The summed E-state index contributed by atoms with van der Waals surface area (Å²) in [4.78, 5) is 0. The van der Waals surface area contributed by atoms with Crippen molar-refractivity contribution in [3.05, 3.63) is 24.3 Å². The summed E-state index contributed by atoms with van der Waals surface area (Å²) in [5.74, 6) is 0. The molecular formula is C20H36O2. The maximum absolute atomic E-state index is 8.61. The van der Waals surface area contributed by atoms with Crippen LogP contribution < -0.4 is 0 Å². The topological polar surface area (TPSA) is 32.8 Å². The van der Waals surface area contributed by atoms with Crippen molar-refractivity contribution in [1.29, 1.82) is 0 Å². The first-order valence-corrected chi connectivity index (χ1v) is 9.44. The van der Waals surface area contributed by atoms with E-state index in [2.05, 4.69) is 19.1 Å². The largest absolute Gasteiger partial charge is 0.392 e. The van der Waals surface area contributed by atoms with Crippen molar-refractivity contribution in [3.8, 4) is 0 Å². The Labute approximate surface area is 137 Å². The maximum atomic E-state index is 8.61. The van der Waals surface area contributed by atoms with Crippen LogP contribution in [0.25, 0.3) is 0 Å². The molecule has 0 aromatic rings. The van der Waals surface area contributed by atoms with Gasteiger partial charge in [-0.2, -0.15) is 0 Å². The standard InChI is InChI=1S/C20H36O2/c1-2-3-4-5-6-7-8-10-13-16-19-20(22-19)17-14-11-9-12-15-18-21/h11-12,14-15,19-21H,2-10,13,16-18H2,1H3/b14-11-,15-12-/t19-,20+/m1/s1. The summed E-state index contributed by atoms with van der Waals surface area (Å²) in [5.41, 5.74) is 0. The lowest BCUT2D eigenvalue weighted by Gasteiger charge is -2.01. The molecule has 1 aliphatic rings. The van der Waals surface area contributed by atoms with Gasteiger partial charge in [0.05, 0.1) is 18.8 Å². The lowest BCUT2D eigenvalue weighted by molar-refractivity contribution is 0.342. The summed E-state index contributed by atoms with van der Waals surface area (Å²) in [5, 5.41) is 8.61. The van der Waals surface area contributed by atoms with Crippen molar-refractivity contribution in [1.82, 2.24) is 0 Å². The summed E-state index contributed by atoms with van der Waals surface area (Å²) in [6.07, 6.45) is 24.9. The zero-order valence-corrected chi connectivity index (χ0v) is 14.5. The Morgan fingerprint density at radius 2 is 1.41 bits per heavy atom. The molecule has 0 aliphatic carbocycles. The summed E-state index contributed by atoms with van der Waals surface area (Å²) in [6, 6.07) is 0. The molecule has 0 unspecified atom stereocenters. The van der Waals surface area contributed by atoms with E-state index in [0.29, 0.717) is 12.2 Å². The van der Waals surface area contributed by atoms with Crippen molar-refractivity contribution in [3.63, 3.8) is 0 Å². The van der Waals surface area contributed by atoms with Gasteiger partial charge >= 0.3 is 0 Å². The normalized spacial score (nSPS) is 21.2. The van der Waals surface area contributed by atoms with E-state index in [9.17, 15) is 0 Å². The smallest absolute Gasteiger partial charge is 0.0876 e. The lowest BCUT2D eigenvalue weighted by atomic mass is 10.0. The average molecular weight is 309 g/mol. The van der Waals surface area contributed by atoms with E-state index in [0.717, 1.165) is 12.8 Å². The summed E-state index contributed by atoms with van der Waals surface area (Å²) in [6.45, 7) is 2.41. The van der Waals surface area contributed by atoms with Gasteiger partial charge < -0.3 is 9.84 Å². The van der Waals surface area contributed by atoms with Crippen molar-refractivity contribution in [2.24, 2.45) is 0 Å². The molecule has 1 aliphatic heterocycles. The first kappa shape index (κ1) is 19.4. The molecule has 0 amide bonds. The van der Waals surface area contributed by atoms with Crippen LogP contribution in [0.1, 0.15) is 84.0 Å². The summed E-state index contributed by atoms with van der Waals surface area (Å²) in [7, 11) is 0. The lowest BCUT2D eigenvalue weighted by Crippen LogP contribution is -1.93. The second kappa shape index (κ2) is 14.0. The van der Waals surface area contributed by atoms with Crippen LogP contribution >= 0.6 is 0 Å². The number of hydrogen-bond acceptors (Lipinski definition) is 2. The first-order valence-electron chi connectivity index (χ1n) is 9.44. The first-order chi connectivity index (χ1) is 10.9. The highest BCUT2D eigenvalue weighted by Gasteiger charge is 2.36. The molecule has 1 saturated heterocycles. The highest BCUT2D eigenvalue weighted by Crippen LogP contribution is 2.30. The SMILES string of the molecule is CCCCCCCCCCC[C@H]1O[C@H]1C/C=C\C/C=C\CO. The number of unbranched alkanes of at least 4 members (excludes halogenated alkanes) is 8. The molecule has 0 aromatic heterocycles. The van der Waals surface area contributed by atoms with Gasteiger partial charge in [0, 0.05) is 0 Å². The predicted molar refractivity (Wildman–Crippen MR) is 95.1 cm³/mol. The third-order valence-corrected chi connectivity index (χ3v) is 4.36. The van der Waals surface area contributed by atoms with E-state index in [1.54, 1.807) is 6.08 Å². The number of aliphatic hydroxyl groups is 1. The van der Waals surface area contributed by atoms with E-state index in [4.69, 9.17) is 9.84 Å². The van der Waals surface area contributed by atoms with Crippen LogP contribution in [0, 0.1) is 0 Å². The fourth-order valence-electron chi connectivity index (χ4n) is 2.87. The molecule has 2 nitrogen and oxygen atoms in total. The Morgan fingerprint density at radius 1 is 0.773 bits per heavy atom. The monoisotopic (exact) mass is 308 g/mol. The maximum Gasteiger partial charge on any atom is 0.0876 e. The Hall–Kier alpha value is -0.600. The Morgan fingerprint density at radius 3 is 2.09 bits per heavy atom. The molecule has 128 valence electrons. The van der Waals surface area contributed by atoms with Crippen LogP contribution in [0.3, 0.4) is 0 Å². The highest BCUT2D eigenvalue weighted by molar-refractivity contribution is 4.97. The molecule has 0 aromatic carbocycles. The van der Waals surface area contributed by atoms with Crippen molar-refractivity contribution in [2.75, 3.05) is 6.61 Å². The van der Waals surface area contributed by atoms with Gasteiger partial charge in [-0.05, 0) is 19.3 Å². The second-order valence-electron chi connectivity index (χ2n) is 6.43. The number of rotatable bonds is 15. The second-order valence-corrected chi connectivity index (χ2v) is 6.43. The average Bonchev–Trinajstić information content (AvgIpc) is 3.27. The number of ether oxygens (including phenoxy) is 1. The minimum atomic E-state index is 0.139. The third kappa shape index (κ3) is 11.0. The predicted octanol–water partition coefficient (Wildman–Crippen LogP) is 5.56. The fourth-order valence-corrected chi connectivity index (χ4v) is 2.87. The minimum absolute atomic E-state index is 0.139. The van der Waals surface area contributed by atoms with E-state index in [-0.39, 0.29) is 6.61 Å². The van der Waals surface area contributed by atoms with Crippen molar-refractivity contribution < 1.29 is 9.84 Å². The molecule has 1 rings (SSSR count). The molecule has 2 atom stereocenters. The molecule has 2 heteroatoms. The van der Waals surface area contributed by atoms with E-state index >= 15 is 0 Å². The number of hydrogen-bond donors (Lipinski definition) is 1. The van der Waals surface area contributed by atoms with Crippen LogP contribution in [0.15, 0.2) is 24.3 Å². The van der Waals surface area contributed by atoms with Gasteiger partial charge in [-0.15, -0.1) is 0 Å². The molecule has 1 fully saturated rings. The number of aliphatic hydroxyl groups excluding tert-OH is 1. The van der Waals surface area contributed by atoms with Gasteiger partial charge in [-0.25, -0.2) is 0 Å². The summed E-state index contributed by atoms with van der Waals surface area (Å²) >= 11 is 0. The van der Waals surface area contributed by atoms with Crippen molar-refractivity contribution in [2.45, 2.75) is 96.2 Å². The molecule has 0 bridgehead atoms. The highest BCUT2D eigenvalue weighted by atomic mass is 16.6. The van der Waals surface area contributed by atoms with Gasteiger partial charge in [-0.3, -0.25) is 0 Å². The number of epoxide rings is 1. The van der Waals surface area contributed by atoms with E-state index in [1.165, 1.54) is 64.2 Å². The molecule has 1 heterocycles. The molecule has 0 saturated carbocycles. The van der Waals surface area contributed by atoms with Gasteiger partial charge in [0.15, 0.2) is 0 Å². The Balaban J connectivity index is 1.81. The Kier molecular flexibility index (Phi) is 12.4. The molecular weight excluding hydrogens is 272 g/mol. The quantitative estimate of drug-likeness (QED) is 0.244. The van der Waals surface area contributed by atoms with Gasteiger partial charge in [0.2, 0.25) is 0 Å². The van der Waals surface area contributed by atoms with Gasteiger partial charge in [0.25, 0.3) is 0 Å². The zero-order chi connectivity index (χ0) is 15.9. The van der Waals surface area contributed by atoms with E-state index in [1.807, 2.05) is 6.08 Å². The van der Waals surface area contributed by atoms with Crippen LogP contribution in [0.4, 0.5) is 0 Å². The third-order valence-electron chi connectivity index (χ3n) is 4.36. The van der Waals surface area contributed by atoms with Crippen LogP contribution in [0.5, 0.6) is 0 Å². The molecule has 0 radical (unpaired) electrons. The fraction of sp³-hybridized carbons (Fsp3) is 0.800. The van der Waals surface area contributed by atoms with Crippen LogP contribution in [-0.2, 0) is 4.74 Å². The zero-order valence-electron chi connectivity index (χ0n) is 14.5. The summed E-state index contributed by atoms with van der Waals surface area (Å²) < 4.78 is 5.71. The van der Waals surface area contributed by atoms with Crippen molar-refractivity contribution >= 4 is 0 Å². The van der Waals surface area contributed by atoms with Gasteiger partial charge in [-0.1, -0.05) is 89.0 Å². The number of allylic oxidation sites excluding steroid dienone is 2. The van der Waals surface area contributed by atoms with Crippen LogP contribution in [0.2, 0.25) is 0 Å². The molecule has 0 spiro atoms. The van der Waals surface area contributed by atoms with E-state index < -0.39 is 0 Å². The van der Waals surface area contributed by atoms with Crippen LogP contribution in [-0.4, -0.2) is 23.9 Å². The van der Waals surface area contributed by atoms with Gasteiger partial charge in [0.1, 0.15) is 0 Å². The minimum Gasteiger partial charge on any atom is -0.392 e. The Bertz CT molecular complexity index is 296. The molecule has 22 heavy (non-hydrogen) atoms.